The van der Waals surface area contributed by atoms with Crippen molar-refractivity contribution in [3.8, 4) is 0 Å². The Morgan fingerprint density at radius 2 is 2.25 bits per heavy atom. The average molecular weight is 404 g/mol. The number of fused-ring (bicyclic) bond motifs is 1. The lowest BCUT2D eigenvalue weighted by Crippen LogP contribution is -2.36. The van der Waals surface area contributed by atoms with Gasteiger partial charge in [0, 0.05) is 29.2 Å². The number of carbonyl (C=O) groups excluding carboxylic acids is 2. The fourth-order valence-electron chi connectivity index (χ4n) is 3.45. The van der Waals surface area contributed by atoms with Gasteiger partial charge in [-0.2, -0.15) is 16.6 Å². The number of unbranched alkanes of at least 4 members (excludes halogenated alkanes) is 1. The van der Waals surface area contributed by atoms with Crippen molar-refractivity contribution in [1.29, 1.82) is 0 Å². The van der Waals surface area contributed by atoms with Gasteiger partial charge in [-0.25, -0.2) is 4.79 Å². The average Bonchev–Trinajstić information content (AvgIpc) is 3.19. The van der Waals surface area contributed by atoms with E-state index in [1.807, 2.05) is 11.8 Å². The Balaban J connectivity index is 1.44. The Bertz CT molecular complexity index is 841. The van der Waals surface area contributed by atoms with Crippen molar-refractivity contribution in [2.75, 3.05) is 11.1 Å². The number of thioether (sulfide) groups is 1. The highest BCUT2D eigenvalue weighted by Crippen LogP contribution is 2.33. The first-order valence-corrected chi connectivity index (χ1v) is 9.97. The number of nitrogens with one attached hydrogen (secondary N) is 3. The van der Waals surface area contributed by atoms with Gasteiger partial charge in [0.15, 0.2) is 0 Å². The monoisotopic (exact) mass is 404 g/mol. The molecular formula is C17H20N6O4S. The Hall–Kier alpha value is -2.91. The molecule has 2 saturated heterocycles. The number of anilines is 1. The Morgan fingerprint density at radius 3 is 3.00 bits per heavy atom. The van der Waals surface area contributed by atoms with Crippen molar-refractivity contribution in [2.45, 2.75) is 43.0 Å². The summed E-state index contributed by atoms with van der Waals surface area (Å²) in [5, 5.41) is 19.9. The summed E-state index contributed by atoms with van der Waals surface area (Å²) in [6.45, 7) is 0. The van der Waals surface area contributed by atoms with Crippen LogP contribution in [0.2, 0.25) is 0 Å². The fraction of sp³-hybridized carbons (Fsp3) is 0.471. The minimum Gasteiger partial charge on any atom is -0.361 e. The van der Waals surface area contributed by atoms with Crippen LogP contribution in [0.1, 0.15) is 31.2 Å². The number of nitro groups is 1. The molecule has 0 bridgehead atoms. The number of hydrogen-bond donors (Lipinski definition) is 3. The molecule has 0 saturated carbocycles. The van der Waals surface area contributed by atoms with Gasteiger partial charge in [0.05, 0.1) is 17.0 Å². The van der Waals surface area contributed by atoms with Gasteiger partial charge in [0.2, 0.25) is 5.91 Å². The van der Waals surface area contributed by atoms with Gasteiger partial charge < -0.3 is 21.5 Å². The van der Waals surface area contributed by atoms with Crippen molar-refractivity contribution >= 4 is 41.3 Å². The number of nitro benzene ring substituents is 1. The van der Waals surface area contributed by atoms with Crippen LogP contribution in [0.25, 0.3) is 5.53 Å². The SMILES string of the molecule is [N-]=[N+]=Cc1ccc(NC(=O)CCCC[C@@H]2SC[C@@H]3NC(=O)N[C@@H]32)cc1[N+](=O)[O-]. The molecule has 3 atom stereocenters. The number of rotatable bonds is 8. The third-order valence-electron chi connectivity index (χ3n) is 4.79. The fourth-order valence-corrected chi connectivity index (χ4v) is 4.99. The van der Waals surface area contributed by atoms with E-state index in [4.69, 9.17) is 5.53 Å². The normalized spacial score (nSPS) is 22.6. The molecule has 1 aromatic carbocycles. The number of carbonyl (C=O) groups is 2. The van der Waals surface area contributed by atoms with Crippen LogP contribution >= 0.6 is 11.8 Å². The van der Waals surface area contributed by atoms with Crippen LogP contribution < -0.4 is 16.0 Å². The van der Waals surface area contributed by atoms with Crippen molar-refractivity contribution < 1.29 is 19.3 Å². The summed E-state index contributed by atoms with van der Waals surface area (Å²) in [6.07, 6.45) is 3.75. The standard InChI is InChI=1S/C17H20N6O4S/c18-19-8-10-5-6-11(7-13(10)23(26)27)20-15(24)4-2-1-3-14-16-12(9-28-14)21-17(25)22-16/h5-8,12,14,16H,1-4,9H2,(H,20,24)(H2,21,22,25)/t12-,14-,16-/m0/s1. The van der Waals surface area contributed by atoms with Gasteiger partial charge >= 0.3 is 6.03 Å². The minimum absolute atomic E-state index is 0.106. The van der Waals surface area contributed by atoms with E-state index in [0.717, 1.165) is 24.8 Å². The molecule has 0 aliphatic carbocycles. The summed E-state index contributed by atoms with van der Waals surface area (Å²) in [5.74, 6) is 0.690. The smallest absolute Gasteiger partial charge is 0.315 e. The molecular weight excluding hydrogens is 384 g/mol. The molecule has 1 aromatic rings. The molecule has 2 aliphatic heterocycles. The van der Waals surface area contributed by atoms with Crippen LogP contribution in [-0.4, -0.2) is 51.0 Å². The highest BCUT2D eigenvalue weighted by Gasteiger charge is 2.42. The number of amides is 3. The van der Waals surface area contributed by atoms with Crippen LogP contribution in [0.5, 0.6) is 0 Å². The zero-order valence-corrected chi connectivity index (χ0v) is 15.8. The molecule has 2 fully saturated rings. The molecule has 0 unspecified atom stereocenters. The lowest BCUT2D eigenvalue weighted by molar-refractivity contribution is -0.385. The zero-order valence-electron chi connectivity index (χ0n) is 15.0. The molecule has 2 heterocycles. The Kier molecular flexibility index (Phi) is 6.27. The molecule has 3 amide bonds. The predicted molar refractivity (Wildman–Crippen MR) is 104 cm³/mol. The van der Waals surface area contributed by atoms with Crippen molar-refractivity contribution in [3.05, 3.63) is 39.4 Å². The van der Waals surface area contributed by atoms with Crippen LogP contribution in [0.15, 0.2) is 18.2 Å². The third kappa shape index (κ3) is 4.68. The summed E-state index contributed by atoms with van der Waals surface area (Å²) < 4.78 is 0. The van der Waals surface area contributed by atoms with E-state index in [1.165, 1.54) is 18.2 Å². The van der Waals surface area contributed by atoms with E-state index in [2.05, 4.69) is 20.7 Å². The van der Waals surface area contributed by atoms with Crippen molar-refractivity contribution in [1.82, 2.24) is 10.6 Å². The topological polar surface area (TPSA) is 150 Å². The quantitative estimate of drug-likeness (QED) is 0.115. The van der Waals surface area contributed by atoms with E-state index in [-0.39, 0.29) is 35.3 Å². The molecule has 11 heteroatoms. The van der Waals surface area contributed by atoms with Gasteiger partial charge in [-0.05, 0) is 25.0 Å². The molecule has 3 rings (SSSR count). The van der Waals surface area contributed by atoms with Crippen molar-refractivity contribution in [3.63, 3.8) is 0 Å². The van der Waals surface area contributed by atoms with Gasteiger partial charge in [-0.15, -0.1) is 0 Å². The number of nitrogens with zero attached hydrogens (tertiary/aromatic N) is 3. The first kappa shape index (κ1) is 19.8. The lowest BCUT2D eigenvalue weighted by Gasteiger charge is -2.16. The molecule has 148 valence electrons. The van der Waals surface area contributed by atoms with Crippen LogP contribution in [-0.2, 0) is 4.79 Å². The number of hydrogen-bond acceptors (Lipinski definition) is 5. The van der Waals surface area contributed by atoms with Crippen LogP contribution in [0.3, 0.4) is 0 Å². The molecule has 0 aromatic heterocycles. The van der Waals surface area contributed by atoms with Crippen molar-refractivity contribution in [2.24, 2.45) is 0 Å². The molecule has 28 heavy (non-hydrogen) atoms. The van der Waals surface area contributed by atoms with E-state index < -0.39 is 4.92 Å². The summed E-state index contributed by atoms with van der Waals surface area (Å²) in [7, 11) is 0. The second kappa shape index (κ2) is 8.85. The first-order valence-electron chi connectivity index (χ1n) is 8.92. The predicted octanol–water partition coefficient (Wildman–Crippen LogP) is 1.91. The van der Waals surface area contributed by atoms with Gasteiger partial charge in [-0.1, -0.05) is 6.42 Å². The van der Waals surface area contributed by atoms with E-state index in [9.17, 15) is 19.7 Å². The molecule has 3 N–H and O–H groups in total. The Morgan fingerprint density at radius 1 is 1.43 bits per heavy atom. The second-order valence-electron chi connectivity index (χ2n) is 6.69. The highest BCUT2D eigenvalue weighted by molar-refractivity contribution is 8.00. The maximum absolute atomic E-state index is 12.1. The second-order valence-corrected chi connectivity index (χ2v) is 7.96. The van der Waals surface area contributed by atoms with E-state index in [0.29, 0.717) is 23.8 Å². The molecule has 10 nitrogen and oxygen atoms in total. The Labute approximate surface area is 165 Å². The third-order valence-corrected chi connectivity index (χ3v) is 6.30. The maximum atomic E-state index is 12.1. The zero-order chi connectivity index (χ0) is 20.1. The maximum Gasteiger partial charge on any atom is 0.315 e. The summed E-state index contributed by atoms with van der Waals surface area (Å²) in [4.78, 5) is 36.8. The van der Waals surface area contributed by atoms with Crippen LogP contribution in [0, 0.1) is 10.1 Å². The number of benzene rings is 1. The first-order chi connectivity index (χ1) is 13.5. The lowest BCUT2D eigenvalue weighted by atomic mass is 10.0. The van der Waals surface area contributed by atoms with Gasteiger partial charge in [-0.3, -0.25) is 14.9 Å². The number of urea groups is 1. The molecule has 2 aliphatic rings. The minimum atomic E-state index is -0.601. The summed E-state index contributed by atoms with van der Waals surface area (Å²) in [6, 6.07) is 4.41. The van der Waals surface area contributed by atoms with Gasteiger partial charge in [0.1, 0.15) is 5.56 Å². The molecule has 0 spiro atoms. The van der Waals surface area contributed by atoms with E-state index >= 15 is 0 Å². The van der Waals surface area contributed by atoms with Gasteiger partial charge in [0.25, 0.3) is 11.9 Å². The largest absolute Gasteiger partial charge is 0.361 e. The van der Waals surface area contributed by atoms with Crippen LogP contribution in [0.4, 0.5) is 16.2 Å². The highest BCUT2D eigenvalue weighted by atomic mass is 32.2. The van der Waals surface area contributed by atoms with E-state index in [1.54, 1.807) is 0 Å². The molecule has 0 radical (unpaired) electrons. The summed E-state index contributed by atoms with van der Waals surface area (Å²) in [5.41, 5.74) is 8.77. The summed E-state index contributed by atoms with van der Waals surface area (Å²) >= 11 is 1.84.